The number of fused-ring (bicyclic) bond motifs is 3. The minimum atomic E-state index is -1.72. The van der Waals surface area contributed by atoms with Crippen LogP contribution in [0.15, 0.2) is 122 Å². The van der Waals surface area contributed by atoms with Crippen LogP contribution in [0.2, 0.25) is 17.3 Å². The Bertz CT molecular complexity index is 2110. The van der Waals surface area contributed by atoms with Crippen LogP contribution in [0.25, 0.3) is 53.8 Å². The van der Waals surface area contributed by atoms with E-state index in [9.17, 15) is 0 Å². The summed E-state index contributed by atoms with van der Waals surface area (Å²) in [5.41, 5.74) is 8.16. The third-order valence-electron chi connectivity index (χ3n) is 9.48. The molecule has 49 heavy (non-hydrogen) atoms. The monoisotopic (exact) mass is 897 g/mol. The van der Waals surface area contributed by atoms with Gasteiger partial charge in [0, 0.05) is 31.0 Å². The first kappa shape index (κ1) is 35.4. The fraction of sp³-hybridized carbons (Fsp3) is 0.227. The number of benzene rings is 4. The van der Waals surface area contributed by atoms with E-state index in [1.54, 1.807) is 0 Å². The van der Waals surface area contributed by atoms with Gasteiger partial charge in [-0.05, 0) is 40.3 Å². The van der Waals surface area contributed by atoms with Gasteiger partial charge < -0.3 is 4.98 Å². The Labute approximate surface area is 311 Å². The van der Waals surface area contributed by atoms with Crippen LogP contribution >= 0.6 is 11.3 Å². The maximum atomic E-state index is 4.80. The average Bonchev–Trinajstić information content (AvgIpc) is 3.52. The third-order valence-corrected chi connectivity index (χ3v) is 14.9. The SMILES string of the molecule is [CH3][Ge]([CH3])([CH3])[c]1ccc(-c2[c-]cccc2)nc1.[Ir].[c-]1cc(-c2ccccc2)c2c(sc3ccccc32)c1-c1cc(CC2CCCCC2)ccn1. The Hall–Kier alpha value is -3.41. The quantitative estimate of drug-likeness (QED) is 0.123. The molecule has 4 aromatic carbocycles. The molecule has 1 fully saturated rings. The predicted octanol–water partition coefficient (Wildman–Crippen LogP) is 11.8. The van der Waals surface area contributed by atoms with Gasteiger partial charge in [-0.25, -0.2) is 0 Å². The van der Waals surface area contributed by atoms with Crippen molar-refractivity contribution in [1.29, 1.82) is 0 Å². The molecule has 0 amide bonds. The summed E-state index contributed by atoms with van der Waals surface area (Å²) in [6.45, 7) is 0. The smallest absolute Gasteiger partial charge is 0.0239 e. The molecule has 0 saturated heterocycles. The van der Waals surface area contributed by atoms with Crippen molar-refractivity contribution >= 4 is 49.2 Å². The predicted molar refractivity (Wildman–Crippen MR) is 209 cm³/mol. The van der Waals surface area contributed by atoms with Crippen LogP contribution in [-0.2, 0) is 26.5 Å². The van der Waals surface area contributed by atoms with E-state index in [1.165, 1.54) is 79.8 Å². The Kier molecular flexibility index (Phi) is 11.6. The molecule has 0 bridgehead atoms. The van der Waals surface area contributed by atoms with Crippen LogP contribution in [0.4, 0.5) is 0 Å². The second-order valence-electron chi connectivity index (χ2n) is 14.0. The molecule has 249 valence electrons. The normalized spacial score (nSPS) is 13.4. The molecule has 0 atom stereocenters. The van der Waals surface area contributed by atoms with E-state index >= 15 is 0 Å². The zero-order valence-corrected chi connectivity index (χ0v) is 33.8. The van der Waals surface area contributed by atoms with Crippen LogP contribution in [0, 0.1) is 18.1 Å². The topological polar surface area (TPSA) is 25.8 Å². The summed E-state index contributed by atoms with van der Waals surface area (Å²) in [6.07, 6.45) is 12.1. The van der Waals surface area contributed by atoms with E-state index in [4.69, 9.17) is 4.98 Å². The summed E-state index contributed by atoms with van der Waals surface area (Å²) in [4.78, 5) is 9.33. The number of pyridine rings is 2. The van der Waals surface area contributed by atoms with Crippen molar-refractivity contribution in [3.05, 3.63) is 139 Å². The van der Waals surface area contributed by atoms with Gasteiger partial charge in [-0.1, -0.05) is 109 Å². The van der Waals surface area contributed by atoms with Crippen molar-refractivity contribution in [3.8, 4) is 33.6 Å². The zero-order valence-electron chi connectivity index (χ0n) is 28.5. The number of hydrogen-bond donors (Lipinski definition) is 0. The number of thiophene rings is 1. The van der Waals surface area contributed by atoms with Gasteiger partial charge in [0.25, 0.3) is 0 Å². The summed E-state index contributed by atoms with van der Waals surface area (Å²) >= 11 is 0.146. The van der Waals surface area contributed by atoms with Gasteiger partial charge in [-0.15, -0.1) is 17.7 Å². The maximum Gasteiger partial charge on any atom is 0.0239 e. The third kappa shape index (κ3) is 8.32. The molecule has 7 aromatic rings. The molecule has 1 saturated carbocycles. The Morgan fingerprint density at radius 1 is 0.776 bits per heavy atom. The number of nitrogens with zero attached hydrogens (tertiary/aromatic N) is 2. The summed E-state index contributed by atoms with van der Waals surface area (Å²) in [5, 5.41) is 2.64. The van der Waals surface area contributed by atoms with E-state index in [0.29, 0.717) is 0 Å². The van der Waals surface area contributed by atoms with Crippen LogP contribution in [0.1, 0.15) is 37.7 Å². The average molecular weight is 896 g/mol. The van der Waals surface area contributed by atoms with Gasteiger partial charge >= 0.3 is 99.8 Å². The van der Waals surface area contributed by atoms with Crippen molar-refractivity contribution in [2.45, 2.75) is 55.8 Å². The fourth-order valence-electron chi connectivity index (χ4n) is 6.82. The minimum absolute atomic E-state index is 0. The van der Waals surface area contributed by atoms with E-state index < -0.39 is 13.3 Å². The molecular formula is C44H42GeIrN2S-2. The van der Waals surface area contributed by atoms with Gasteiger partial charge in [-0.3, -0.25) is 0 Å². The number of aromatic nitrogens is 2. The van der Waals surface area contributed by atoms with E-state index in [-0.39, 0.29) is 20.1 Å². The van der Waals surface area contributed by atoms with Crippen molar-refractivity contribution in [2.75, 3.05) is 0 Å². The van der Waals surface area contributed by atoms with Crippen LogP contribution in [0.3, 0.4) is 0 Å². The molecule has 3 heterocycles. The molecule has 0 N–H and O–H groups in total. The molecule has 0 spiro atoms. The van der Waals surface area contributed by atoms with Crippen LogP contribution in [-0.4, -0.2) is 23.2 Å². The Morgan fingerprint density at radius 2 is 1.55 bits per heavy atom. The van der Waals surface area contributed by atoms with E-state index in [2.05, 4.69) is 119 Å². The standard InChI is InChI=1S/C30H26NS.C14H16GeN.Ir/c1-3-9-21(10-4-1)19-22-17-18-31-27(20-22)25-16-15-24(23-11-5-2-6-12-23)29-26-13-7-8-14-28(26)32-30(25)29;1-15(2,3)13-9-10-14(16-11-13)12-7-5-4-6-8-12;/h2,5-8,11-15,17-18,20-21H,1,3-4,9-10,19H2;4-7,9-11H,1-3H3;/q2*-1;. The van der Waals surface area contributed by atoms with E-state index in [1.807, 2.05) is 48.0 Å². The van der Waals surface area contributed by atoms with Gasteiger partial charge in [-0.2, -0.15) is 11.3 Å². The van der Waals surface area contributed by atoms with Crippen LogP contribution in [0.5, 0.6) is 0 Å². The van der Waals surface area contributed by atoms with Crippen LogP contribution < -0.4 is 4.40 Å². The Morgan fingerprint density at radius 3 is 2.29 bits per heavy atom. The first-order valence-electron chi connectivity index (χ1n) is 17.2. The van der Waals surface area contributed by atoms with Gasteiger partial charge in [0.15, 0.2) is 0 Å². The number of rotatable bonds is 6. The molecule has 0 aliphatic heterocycles. The largest absolute Gasteiger partial charge is 0.305 e. The Balaban J connectivity index is 0.000000208. The van der Waals surface area contributed by atoms with Gasteiger partial charge in [0.05, 0.1) is 0 Å². The maximum absolute atomic E-state index is 4.80. The molecule has 1 aliphatic rings. The molecule has 5 heteroatoms. The first-order valence-corrected chi connectivity index (χ1v) is 25.4. The van der Waals surface area contributed by atoms with Crippen molar-refractivity contribution in [1.82, 2.24) is 9.97 Å². The molecule has 2 nitrogen and oxygen atoms in total. The summed E-state index contributed by atoms with van der Waals surface area (Å²) in [5.74, 6) is 7.97. The molecule has 0 unspecified atom stereocenters. The minimum Gasteiger partial charge on any atom is -0.305 e. The van der Waals surface area contributed by atoms with Crippen molar-refractivity contribution in [3.63, 3.8) is 0 Å². The zero-order chi connectivity index (χ0) is 32.9. The molecule has 3 aromatic heterocycles. The second-order valence-corrected chi connectivity index (χ2v) is 25.7. The summed E-state index contributed by atoms with van der Waals surface area (Å²) in [7, 11) is 0. The second kappa shape index (κ2) is 16.1. The number of hydrogen-bond acceptors (Lipinski definition) is 3. The first-order chi connectivity index (χ1) is 23.4. The summed E-state index contributed by atoms with van der Waals surface area (Å²) < 4.78 is 4.05. The van der Waals surface area contributed by atoms with Crippen molar-refractivity contribution < 1.29 is 20.1 Å². The van der Waals surface area contributed by atoms with Crippen molar-refractivity contribution in [2.24, 2.45) is 5.92 Å². The fourth-order valence-corrected chi connectivity index (χ4v) is 10.2. The molecule has 8 rings (SSSR count). The molecular weight excluding hydrogens is 853 g/mol. The summed E-state index contributed by atoms with van der Waals surface area (Å²) in [6, 6.07) is 45.2. The van der Waals surface area contributed by atoms with E-state index in [0.717, 1.165) is 28.4 Å². The van der Waals surface area contributed by atoms with Gasteiger partial charge in [0.2, 0.25) is 0 Å². The molecule has 1 radical (unpaired) electrons. The van der Waals surface area contributed by atoms with Gasteiger partial charge in [0.1, 0.15) is 0 Å². The molecule has 1 aliphatic carbocycles.